The minimum atomic E-state index is -0.917. The molecule has 1 fully saturated rings. The molecule has 4 amide bonds. The van der Waals surface area contributed by atoms with Gasteiger partial charge in [-0.15, -0.1) is 0 Å². The third kappa shape index (κ3) is 3.02. The number of phenols is 1. The maximum atomic E-state index is 12.9. The molecular weight excluding hydrogens is 411 g/mol. The van der Waals surface area contributed by atoms with E-state index >= 15 is 0 Å². The summed E-state index contributed by atoms with van der Waals surface area (Å²) in [5, 5.41) is 12.3. The van der Waals surface area contributed by atoms with Crippen molar-refractivity contribution in [1.29, 1.82) is 0 Å². The van der Waals surface area contributed by atoms with Gasteiger partial charge in [0.05, 0.1) is 10.7 Å². The molecule has 8 nitrogen and oxygen atoms in total. The van der Waals surface area contributed by atoms with Gasteiger partial charge in [0, 0.05) is 16.7 Å². The van der Waals surface area contributed by atoms with Crippen LogP contribution in [0.5, 0.6) is 17.2 Å². The van der Waals surface area contributed by atoms with Gasteiger partial charge in [-0.2, -0.15) is 0 Å². The molecule has 2 aromatic rings. The SMILES string of the molecule is O=C1NC(=O)N(c2ccc3c(c2)OCO3)C(=O)/C1=C/c1cc(Cl)cc(Cl)c1O. The number of urea groups is 1. The second-order valence-corrected chi connectivity index (χ2v) is 6.66. The summed E-state index contributed by atoms with van der Waals surface area (Å²) < 4.78 is 10.5. The highest BCUT2D eigenvalue weighted by Crippen LogP contribution is 2.37. The molecule has 0 aliphatic carbocycles. The van der Waals surface area contributed by atoms with Gasteiger partial charge in [0.1, 0.15) is 11.3 Å². The number of hydrogen-bond acceptors (Lipinski definition) is 6. The molecule has 28 heavy (non-hydrogen) atoms. The zero-order valence-corrected chi connectivity index (χ0v) is 15.4. The second kappa shape index (κ2) is 6.74. The van der Waals surface area contributed by atoms with Crippen molar-refractivity contribution in [3.63, 3.8) is 0 Å². The number of imide groups is 2. The summed E-state index contributed by atoms with van der Waals surface area (Å²) in [7, 11) is 0. The molecule has 10 heteroatoms. The minimum absolute atomic E-state index is 0.0252. The number of carbonyl (C=O) groups is 3. The average Bonchev–Trinajstić information content (AvgIpc) is 3.10. The largest absolute Gasteiger partial charge is 0.506 e. The van der Waals surface area contributed by atoms with Crippen molar-refractivity contribution in [3.05, 3.63) is 51.5 Å². The number of aromatic hydroxyl groups is 1. The Morgan fingerprint density at radius 2 is 1.82 bits per heavy atom. The number of ether oxygens (including phenoxy) is 2. The number of anilines is 1. The summed E-state index contributed by atoms with van der Waals surface area (Å²) in [6.07, 6.45) is 1.11. The lowest BCUT2D eigenvalue weighted by Gasteiger charge is -2.26. The Bertz CT molecular complexity index is 1080. The van der Waals surface area contributed by atoms with E-state index in [1.165, 1.54) is 24.3 Å². The van der Waals surface area contributed by atoms with Gasteiger partial charge < -0.3 is 14.6 Å². The first-order valence-corrected chi connectivity index (χ1v) is 8.60. The van der Waals surface area contributed by atoms with Crippen molar-refractivity contribution in [3.8, 4) is 17.2 Å². The molecule has 2 aliphatic rings. The molecular formula is C18H10Cl2N2O6. The smallest absolute Gasteiger partial charge is 0.335 e. The number of amides is 4. The minimum Gasteiger partial charge on any atom is -0.506 e. The summed E-state index contributed by atoms with van der Waals surface area (Å²) in [6.45, 7) is 0.0252. The van der Waals surface area contributed by atoms with Crippen molar-refractivity contribution >= 4 is 52.8 Å². The normalized spacial score (nSPS) is 17.3. The topological polar surface area (TPSA) is 105 Å². The average molecular weight is 421 g/mol. The molecule has 0 aromatic heterocycles. The van der Waals surface area contributed by atoms with Crippen LogP contribution in [0, 0.1) is 0 Å². The van der Waals surface area contributed by atoms with Crippen LogP contribution in [0.25, 0.3) is 6.08 Å². The fraction of sp³-hybridized carbons (Fsp3) is 0.0556. The number of fused-ring (bicyclic) bond motifs is 1. The predicted octanol–water partition coefficient (Wildman–Crippen LogP) is 3.09. The third-order valence-electron chi connectivity index (χ3n) is 4.07. The van der Waals surface area contributed by atoms with Gasteiger partial charge >= 0.3 is 6.03 Å². The number of rotatable bonds is 2. The Labute approximate surface area is 167 Å². The highest BCUT2D eigenvalue weighted by atomic mass is 35.5. The highest BCUT2D eigenvalue weighted by Gasteiger charge is 2.37. The van der Waals surface area contributed by atoms with E-state index in [9.17, 15) is 19.5 Å². The van der Waals surface area contributed by atoms with E-state index in [0.717, 1.165) is 11.0 Å². The lowest BCUT2D eigenvalue weighted by molar-refractivity contribution is -0.122. The summed E-state index contributed by atoms with van der Waals surface area (Å²) in [5.41, 5.74) is -0.152. The fourth-order valence-corrected chi connectivity index (χ4v) is 3.28. The number of nitrogens with one attached hydrogen (secondary N) is 1. The Hall–Kier alpha value is -3.23. The van der Waals surface area contributed by atoms with E-state index in [-0.39, 0.29) is 39.4 Å². The molecule has 2 aromatic carbocycles. The van der Waals surface area contributed by atoms with Gasteiger partial charge in [-0.3, -0.25) is 14.9 Å². The molecule has 0 spiro atoms. The number of benzene rings is 2. The van der Waals surface area contributed by atoms with Crippen LogP contribution >= 0.6 is 23.2 Å². The van der Waals surface area contributed by atoms with Crippen molar-refractivity contribution in [2.45, 2.75) is 0 Å². The van der Waals surface area contributed by atoms with E-state index in [1.54, 1.807) is 6.07 Å². The number of hydrogen-bond donors (Lipinski definition) is 2. The summed E-state index contributed by atoms with van der Waals surface area (Å²) in [4.78, 5) is 38.2. The molecule has 0 bridgehead atoms. The van der Waals surface area contributed by atoms with Crippen LogP contribution in [0.1, 0.15) is 5.56 Å². The number of nitrogens with zero attached hydrogens (tertiary/aromatic N) is 1. The van der Waals surface area contributed by atoms with Crippen molar-refractivity contribution < 1.29 is 29.0 Å². The molecule has 2 heterocycles. The number of barbiturate groups is 1. The second-order valence-electron chi connectivity index (χ2n) is 5.82. The molecule has 4 rings (SSSR count). The first kappa shape index (κ1) is 18.1. The molecule has 2 aliphatic heterocycles. The molecule has 0 saturated carbocycles. The summed E-state index contributed by atoms with van der Waals surface area (Å²) in [5.74, 6) is -1.32. The highest BCUT2D eigenvalue weighted by molar-refractivity contribution is 6.40. The Morgan fingerprint density at radius 1 is 1.07 bits per heavy atom. The molecule has 0 atom stereocenters. The molecule has 2 N–H and O–H groups in total. The number of carbonyl (C=O) groups excluding carboxylic acids is 3. The number of halogens is 2. The van der Waals surface area contributed by atoms with Crippen molar-refractivity contribution in [2.24, 2.45) is 0 Å². The van der Waals surface area contributed by atoms with E-state index in [1.807, 2.05) is 0 Å². The van der Waals surface area contributed by atoms with Gasteiger partial charge in [0.25, 0.3) is 11.8 Å². The quantitative estimate of drug-likeness (QED) is 0.571. The van der Waals surface area contributed by atoms with Crippen LogP contribution < -0.4 is 19.7 Å². The van der Waals surface area contributed by atoms with Crippen LogP contribution in [0.4, 0.5) is 10.5 Å². The monoisotopic (exact) mass is 420 g/mol. The van der Waals surface area contributed by atoms with Gasteiger partial charge in [0.2, 0.25) is 6.79 Å². The van der Waals surface area contributed by atoms with Crippen molar-refractivity contribution in [1.82, 2.24) is 5.32 Å². The zero-order chi connectivity index (χ0) is 20.0. The molecule has 0 unspecified atom stereocenters. The zero-order valence-electron chi connectivity index (χ0n) is 13.9. The van der Waals surface area contributed by atoms with Crippen molar-refractivity contribution in [2.75, 3.05) is 11.7 Å². The lowest BCUT2D eigenvalue weighted by Crippen LogP contribution is -2.54. The maximum Gasteiger partial charge on any atom is 0.335 e. The number of phenolic OH excluding ortho intramolecular Hbond substituents is 1. The Balaban J connectivity index is 1.77. The van der Waals surface area contributed by atoms with E-state index in [4.69, 9.17) is 32.7 Å². The van der Waals surface area contributed by atoms with Gasteiger partial charge in [-0.25, -0.2) is 9.69 Å². The van der Waals surface area contributed by atoms with E-state index < -0.39 is 17.8 Å². The first-order chi connectivity index (χ1) is 13.3. The van der Waals surface area contributed by atoms with Gasteiger partial charge in [-0.1, -0.05) is 23.2 Å². The van der Waals surface area contributed by atoms with Crippen LogP contribution in [-0.4, -0.2) is 29.7 Å². The summed E-state index contributed by atoms with van der Waals surface area (Å²) >= 11 is 11.8. The lowest BCUT2D eigenvalue weighted by atomic mass is 10.1. The van der Waals surface area contributed by atoms with Crippen LogP contribution in [0.2, 0.25) is 10.0 Å². The molecule has 0 radical (unpaired) electrons. The van der Waals surface area contributed by atoms with E-state index in [2.05, 4.69) is 5.32 Å². The Kier molecular flexibility index (Phi) is 4.37. The van der Waals surface area contributed by atoms with E-state index in [0.29, 0.717) is 11.5 Å². The summed E-state index contributed by atoms with van der Waals surface area (Å²) in [6, 6.07) is 6.19. The third-order valence-corrected chi connectivity index (χ3v) is 4.58. The Morgan fingerprint density at radius 3 is 2.61 bits per heavy atom. The first-order valence-electron chi connectivity index (χ1n) is 7.84. The predicted molar refractivity (Wildman–Crippen MR) is 99.7 cm³/mol. The molecule has 1 saturated heterocycles. The van der Waals surface area contributed by atoms with Gasteiger partial charge in [-0.05, 0) is 30.3 Å². The molecule has 142 valence electrons. The van der Waals surface area contributed by atoms with Gasteiger partial charge in [0.15, 0.2) is 11.5 Å². The van der Waals surface area contributed by atoms with Crippen LogP contribution in [-0.2, 0) is 9.59 Å². The fourth-order valence-electron chi connectivity index (χ4n) is 2.77. The maximum absolute atomic E-state index is 12.9. The van der Waals surface area contributed by atoms with Crippen LogP contribution in [0.3, 0.4) is 0 Å². The van der Waals surface area contributed by atoms with Crippen LogP contribution in [0.15, 0.2) is 35.9 Å². The standard InChI is InChI=1S/C18H10Cl2N2O6/c19-9-3-8(15(23)12(20)5-9)4-11-16(24)21-18(26)22(17(11)25)10-1-2-13-14(6-10)28-7-27-13/h1-6,23H,7H2,(H,21,24,26)/b11-4+.